The van der Waals surface area contributed by atoms with Crippen molar-refractivity contribution >= 4 is 22.5 Å². The molecule has 5 nitrogen and oxygen atoms in total. The van der Waals surface area contributed by atoms with Gasteiger partial charge in [0.05, 0.1) is 18.0 Å². The third kappa shape index (κ3) is 3.58. The smallest absolute Gasteiger partial charge is 0.319 e. The molecule has 0 aliphatic rings. The topological polar surface area (TPSA) is 57.5 Å². The van der Waals surface area contributed by atoms with Crippen LogP contribution in [0.3, 0.4) is 0 Å². The molecule has 0 fully saturated rings. The van der Waals surface area contributed by atoms with Crippen molar-refractivity contribution in [1.82, 2.24) is 10.2 Å². The van der Waals surface area contributed by atoms with Crippen LogP contribution in [0.5, 0.6) is 0 Å². The largest absolute Gasteiger partial charge is 0.468 e. The van der Waals surface area contributed by atoms with E-state index in [2.05, 4.69) is 10.6 Å². The number of carbonyl (C=O) groups excluding carboxylic acids is 1. The SMILES string of the molecule is CN(C)[C@H](CNC(=O)Nc1cccc2ccccc12)c1ccco1. The van der Waals surface area contributed by atoms with Crippen LogP contribution < -0.4 is 10.6 Å². The fourth-order valence-corrected chi connectivity index (χ4v) is 2.71. The van der Waals surface area contributed by atoms with Gasteiger partial charge in [-0.1, -0.05) is 36.4 Å². The average Bonchev–Trinajstić information content (AvgIpc) is 3.09. The molecule has 2 N–H and O–H groups in total. The summed E-state index contributed by atoms with van der Waals surface area (Å²) < 4.78 is 5.45. The van der Waals surface area contributed by atoms with E-state index in [4.69, 9.17) is 4.42 Å². The molecule has 0 spiro atoms. The number of benzene rings is 2. The Labute approximate surface area is 141 Å². The van der Waals surface area contributed by atoms with E-state index in [1.165, 1.54) is 0 Å². The molecule has 0 radical (unpaired) electrons. The lowest BCUT2D eigenvalue weighted by Crippen LogP contribution is -2.36. The Morgan fingerprint density at radius 2 is 1.88 bits per heavy atom. The summed E-state index contributed by atoms with van der Waals surface area (Å²) >= 11 is 0. The summed E-state index contributed by atoms with van der Waals surface area (Å²) in [4.78, 5) is 14.3. The van der Waals surface area contributed by atoms with Crippen LogP contribution in [0.4, 0.5) is 10.5 Å². The quantitative estimate of drug-likeness (QED) is 0.749. The number of likely N-dealkylation sites (N-methyl/N-ethyl adjacent to an activating group) is 1. The highest BCUT2D eigenvalue weighted by atomic mass is 16.3. The molecule has 0 bridgehead atoms. The number of hydrogen-bond donors (Lipinski definition) is 2. The molecule has 2 amide bonds. The van der Waals surface area contributed by atoms with Gasteiger partial charge in [-0.05, 0) is 37.7 Å². The number of rotatable bonds is 5. The van der Waals surface area contributed by atoms with Crippen LogP contribution >= 0.6 is 0 Å². The number of nitrogens with zero attached hydrogens (tertiary/aromatic N) is 1. The third-order valence-electron chi connectivity index (χ3n) is 3.99. The van der Waals surface area contributed by atoms with E-state index in [1.807, 2.05) is 73.6 Å². The molecule has 0 saturated heterocycles. The minimum atomic E-state index is -0.232. The zero-order valence-electron chi connectivity index (χ0n) is 13.8. The standard InChI is InChI=1S/C19H21N3O2/c1-22(2)17(18-11-6-12-24-18)13-20-19(23)21-16-10-5-8-14-7-3-4-9-15(14)16/h3-12,17H,13H2,1-2H3,(H2,20,21,23)/t17-/m1/s1. The molecule has 0 unspecified atom stereocenters. The first-order valence-corrected chi connectivity index (χ1v) is 7.87. The van der Waals surface area contributed by atoms with Gasteiger partial charge < -0.3 is 15.1 Å². The highest BCUT2D eigenvalue weighted by Gasteiger charge is 2.17. The predicted octanol–water partition coefficient (Wildman–Crippen LogP) is 3.86. The molecule has 124 valence electrons. The molecule has 3 rings (SSSR count). The van der Waals surface area contributed by atoms with Crippen LogP contribution in [-0.2, 0) is 0 Å². The molecule has 24 heavy (non-hydrogen) atoms. The van der Waals surface area contributed by atoms with Crippen LogP contribution in [0.15, 0.2) is 65.3 Å². The highest BCUT2D eigenvalue weighted by molar-refractivity contribution is 6.01. The molecular weight excluding hydrogens is 302 g/mol. The third-order valence-corrected chi connectivity index (χ3v) is 3.99. The lowest BCUT2D eigenvalue weighted by atomic mass is 10.1. The lowest BCUT2D eigenvalue weighted by molar-refractivity contribution is 0.233. The van der Waals surface area contributed by atoms with E-state index in [9.17, 15) is 4.79 Å². The minimum absolute atomic E-state index is 0.0155. The second-order valence-electron chi connectivity index (χ2n) is 5.86. The maximum Gasteiger partial charge on any atom is 0.319 e. The van der Waals surface area contributed by atoms with Crippen LogP contribution in [0, 0.1) is 0 Å². The van der Waals surface area contributed by atoms with Crippen LogP contribution in [0.2, 0.25) is 0 Å². The molecule has 2 aromatic carbocycles. The Balaban J connectivity index is 1.67. The second kappa shape index (κ2) is 7.19. The Bertz CT molecular complexity index is 807. The fraction of sp³-hybridized carbons (Fsp3) is 0.211. The van der Waals surface area contributed by atoms with Gasteiger partial charge in [0.15, 0.2) is 0 Å². The molecule has 0 aliphatic heterocycles. The van der Waals surface area contributed by atoms with Gasteiger partial charge in [-0.25, -0.2) is 4.79 Å². The van der Waals surface area contributed by atoms with Crippen molar-refractivity contribution < 1.29 is 9.21 Å². The van der Waals surface area contributed by atoms with Gasteiger partial charge in [0.2, 0.25) is 0 Å². The van der Waals surface area contributed by atoms with E-state index in [0.29, 0.717) is 6.54 Å². The van der Waals surface area contributed by atoms with Crippen LogP contribution in [0.1, 0.15) is 11.8 Å². The molecule has 0 aliphatic carbocycles. The van der Waals surface area contributed by atoms with Gasteiger partial charge in [0.25, 0.3) is 0 Å². The van der Waals surface area contributed by atoms with E-state index in [1.54, 1.807) is 6.26 Å². The molecule has 0 saturated carbocycles. The molecular formula is C19H21N3O2. The van der Waals surface area contributed by atoms with E-state index >= 15 is 0 Å². The first kappa shape index (κ1) is 16.1. The molecule has 3 aromatic rings. The normalized spacial score (nSPS) is 12.3. The van der Waals surface area contributed by atoms with E-state index in [0.717, 1.165) is 22.2 Å². The second-order valence-corrected chi connectivity index (χ2v) is 5.86. The van der Waals surface area contributed by atoms with E-state index < -0.39 is 0 Å². The Hall–Kier alpha value is -2.79. The molecule has 1 heterocycles. The number of nitrogens with one attached hydrogen (secondary N) is 2. The number of fused-ring (bicyclic) bond motifs is 1. The van der Waals surface area contributed by atoms with Crippen molar-refractivity contribution in [2.45, 2.75) is 6.04 Å². The minimum Gasteiger partial charge on any atom is -0.468 e. The van der Waals surface area contributed by atoms with Gasteiger partial charge in [-0.3, -0.25) is 4.90 Å². The van der Waals surface area contributed by atoms with Crippen LogP contribution in [-0.4, -0.2) is 31.6 Å². The van der Waals surface area contributed by atoms with Crippen molar-refractivity contribution in [3.05, 3.63) is 66.6 Å². The summed E-state index contributed by atoms with van der Waals surface area (Å²) in [6.45, 7) is 0.455. The lowest BCUT2D eigenvalue weighted by Gasteiger charge is -2.22. The summed E-state index contributed by atoms with van der Waals surface area (Å²) in [7, 11) is 3.91. The monoisotopic (exact) mass is 323 g/mol. The Morgan fingerprint density at radius 3 is 2.62 bits per heavy atom. The number of hydrogen-bond acceptors (Lipinski definition) is 3. The number of anilines is 1. The Kier molecular flexibility index (Phi) is 4.82. The predicted molar refractivity (Wildman–Crippen MR) is 96.1 cm³/mol. The van der Waals surface area contributed by atoms with E-state index in [-0.39, 0.29) is 12.1 Å². The highest BCUT2D eigenvalue weighted by Crippen LogP contribution is 2.23. The summed E-state index contributed by atoms with van der Waals surface area (Å²) in [6, 6.07) is 17.3. The Morgan fingerprint density at radius 1 is 1.08 bits per heavy atom. The summed E-state index contributed by atoms with van der Waals surface area (Å²) in [5, 5.41) is 7.95. The van der Waals surface area contributed by atoms with Gasteiger partial charge in [-0.15, -0.1) is 0 Å². The molecule has 5 heteroatoms. The number of amides is 2. The average molecular weight is 323 g/mol. The van der Waals surface area contributed by atoms with Crippen molar-refractivity contribution in [1.29, 1.82) is 0 Å². The fourth-order valence-electron chi connectivity index (χ4n) is 2.71. The molecule has 1 aromatic heterocycles. The van der Waals surface area contributed by atoms with Crippen LogP contribution in [0.25, 0.3) is 10.8 Å². The van der Waals surface area contributed by atoms with Crippen molar-refractivity contribution in [3.63, 3.8) is 0 Å². The van der Waals surface area contributed by atoms with Gasteiger partial charge >= 0.3 is 6.03 Å². The number of carbonyl (C=O) groups is 1. The van der Waals surface area contributed by atoms with Gasteiger partial charge in [0, 0.05) is 11.9 Å². The van der Waals surface area contributed by atoms with Gasteiger partial charge in [-0.2, -0.15) is 0 Å². The summed E-state index contributed by atoms with van der Waals surface area (Å²) in [5.74, 6) is 0.825. The number of urea groups is 1. The number of furan rings is 1. The zero-order valence-corrected chi connectivity index (χ0v) is 13.8. The molecule has 1 atom stereocenters. The van der Waals surface area contributed by atoms with Crippen molar-refractivity contribution in [2.24, 2.45) is 0 Å². The first-order chi connectivity index (χ1) is 11.6. The first-order valence-electron chi connectivity index (χ1n) is 7.87. The summed E-state index contributed by atoms with van der Waals surface area (Å²) in [6.07, 6.45) is 1.64. The maximum atomic E-state index is 12.3. The van der Waals surface area contributed by atoms with Crippen molar-refractivity contribution in [3.8, 4) is 0 Å². The summed E-state index contributed by atoms with van der Waals surface area (Å²) in [5.41, 5.74) is 0.796. The maximum absolute atomic E-state index is 12.3. The zero-order chi connectivity index (χ0) is 16.9. The van der Waals surface area contributed by atoms with Gasteiger partial charge in [0.1, 0.15) is 5.76 Å². The van der Waals surface area contributed by atoms with Crippen molar-refractivity contribution in [2.75, 3.05) is 26.0 Å².